The van der Waals surface area contributed by atoms with Crippen molar-refractivity contribution >= 4 is 5.91 Å². The smallest absolute Gasteiger partial charge is 0.387 e. The van der Waals surface area contributed by atoms with Gasteiger partial charge < -0.3 is 10.1 Å². The summed E-state index contributed by atoms with van der Waals surface area (Å²) >= 11 is 0. The first-order chi connectivity index (χ1) is 9.54. The third-order valence-electron chi connectivity index (χ3n) is 2.52. The first-order valence-corrected chi connectivity index (χ1v) is 5.86. The van der Waals surface area contributed by atoms with Gasteiger partial charge in [-0.25, -0.2) is 0 Å². The number of ether oxygens (including phenoxy) is 1. The van der Waals surface area contributed by atoms with Crippen molar-refractivity contribution in [1.29, 1.82) is 0 Å². The molecule has 7 heteroatoms. The van der Waals surface area contributed by atoms with Gasteiger partial charge in [-0.3, -0.25) is 9.48 Å². The van der Waals surface area contributed by atoms with Gasteiger partial charge in [0.1, 0.15) is 5.75 Å². The van der Waals surface area contributed by atoms with E-state index in [0.29, 0.717) is 5.69 Å². The molecule has 0 aliphatic rings. The molecule has 106 valence electrons. The van der Waals surface area contributed by atoms with E-state index in [2.05, 4.69) is 15.2 Å². The van der Waals surface area contributed by atoms with Crippen LogP contribution in [0.15, 0.2) is 36.5 Å². The third-order valence-corrected chi connectivity index (χ3v) is 2.52. The van der Waals surface area contributed by atoms with E-state index in [1.807, 2.05) is 0 Å². The van der Waals surface area contributed by atoms with Crippen molar-refractivity contribution in [2.75, 3.05) is 0 Å². The first-order valence-electron chi connectivity index (χ1n) is 5.86. The average Bonchev–Trinajstić information content (AvgIpc) is 2.81. The molecule has 0 unspecified atom stereocenters. The summed E-state index contributed by atoms with van der Waals surface area (Å²) in [6.07, 6.45) is 1.76. The van der Waals surface area contributed by atoms with Crippen molar-refractivity contribution in [2.24, 2.45) is 7.05 Å². The lowest BCUT2D eigenvalue weighted by Crippen LogP contribution is -2.23. The Morgan fingerprint density at radius 3 is 2.90 bits per heavy atom. The number of hydrogen-bond acceptors (Lipinski definition) is 3. The number of nitrogens with one attached hydrogen (secondary N) is 1. The number of halogens is 2. The van der Waals surface area contributed by atoms with Gasteiger partial charge in [-0.05, 0) is 24.3 Å². The van der Waals surface area contributed by atoms with Crippen LogP contribution in [0.3, 0.4) is 0 Å². The highest BCUT2D eigenvalue weighted by molar-refractivity contribution is 5.94. The van der Waals surface area contributed by atoms with Crippen LogP contribution in [-0.4, -0.2) is 22.3 Å². The zero-order chi connectivity index (χ0) is 14.5. The number of hydrogen-bond donors (Lipinski definition) is 1. The monoisotopic (exact) mass is 281 g/mol. The number of amides is 1. The Bertz CT molecular complexity index is 599. The number of rotatable bonds is 5. The fourth-order valence-corrected chi connectivity index (χ4v) is 1.64. The van der Waals surface area contributed by atoms with Gasteiger partial charge in [0.05, 0.1) is 12.2 Å². The predicted octanol–water partition coefficient (Wildman–Crippen LogP) is 1.95. The predicted molar refractivity (Wildman–Crippen MR) is 67.5 cm³/mol. The molecule has 2 aromatic rings. The molecule has 0 spiro atoms. The quantitative estimate of drug-likeness (QED) is 0.911. The van der Waals surface area contributed by atoms with E-state index < -0.39 is 6.61 Å². The van der Waals surface area contributed by atoms with Gasteiger partial charge >= 0.3 is 6.61 Å². The molecule has 20 heavy (non-hydrogen) atoms. The summed E-state index contributed by atoms with van der Waals surface area (Å²) in [5.74, 6) is -0.430. The highest BCUT2D eigenvalue weighted by Gasteiger charge is 2.09. The minimum Gasteiger partial charge on any atom is -0.435 e. The molecule has 0 aliphatic heterocycles. The van der Waals surface area contributed by atoms with Gasteiger partial charge in [0.2, 0.25) is 0 Å². The van der Waals surface area contributed by atoms with E-state index >= 15 is 0 Å². The summed E-state index contributed by atoms with van der Waals surface area (Å²) in [6, 6.07) is 7.40. The molecule has 2 rings (SSSR count). The number of aromatic nitrogens is 2. The van der Waals surface area contributed by atoms with Gasteiger partial charge in [-0.15, -0.1) is 0 Å². The van der Waals surface area contributed by atoms with Crippen molar-refractivity contribution < 1.29 is 18.3 Å². The lowest BCUT2D eigenvalue weighted by Gasteiger charge is -2.07. The van der Waals surface area contributed by atoms with Gasteiger partial charge in [0, 0.05) is 18.8 Å². The van der Waals surface area contributed by atoms with Crippen LogP contribution < -0.4 is 10.1 Å². The van der Waals surface area contributed by atoms with Crippen LogP contribution >= 0.6 is 0 Å². The molecule has 1 aromatic heterocycles. The summed E-state index contributed by atoms with van der Waals surface area (Å²) in [5.41, 5.74) is 0.958. The summed E-state index contributed by atoms with van der Waals surface area (Å²) in [4.78, 5) is 11.9. The number of carbonyl (C=O) groups excluding carboxylic acids is 1. The van der Waals surface area contributed by atoms with E-state index in [1.165, 1.54) is 24.3 Å². The second kappa shape index (κ2) is 6.14. The number of nitrogens with zero attached hydrogens (tertiary/aromatic N) is 2. The molecule has 0 bridgehead atoms. The van der Waals surface area contributed by atoms with E-state index in [4.69, 9.17) is 0 Å². The minimum absolute atomic E-state index is 0.0505. The molecule has 0 saturated carbocycles. The van der Waals surface area contributed by atoms with Crippen LogP contribution in [0, 0.1) is 0 Å². The number of aryl methyl sites for hydroxylation is 1. The second-order valence-electron chi connectivity index (χ2n) is 4.07. The van der Waals surface area contributed by atoms with Crippen molar-refractivity contribution in [1.82, 2.24) is 15.1 Å². The Kier molecular flexibility index (Phi) is 4.29. The van der Waals surface area contributed by atoms with Gasteiger partial charge in [-0.2, -0.15) is 13.9 Å². The minimum atomic E-state index is -2.91. The van der Waals surface area contributed by atoms with E-state index in [-0.39, 0.29) is 23.8 Å². The maximum absolute atomic E-state index is 12.1. The fraction of sp³-hybridized carbons (Fsp3) is 0.231. The Balaban J connectivity index is 1.98. The lowest BCUT2D eigenvalue weighted by atomic mass is 10.2. The Morgan fingerprint density at radius 2 is 2.25 bits per heavy atom. The van der Waals surface area contributed by atoms with Gasteiger partial charge in [0.25, 0.3) is 5.91 Å². The molecule has 0 saturated heterocycles. The van der Waals surface area contributed by atoms with Crippen LogP contribution in [0.25, 0.3) is 0 Å². The molecule has 0 fully saturated rings. The SMILES string of the molecule is Cn1ccc(CNC(=O)c2cccc(OC(F)F)c2)n1. The molecule has 5 nitrogen and oxygen atoms in total. The van der Waals surface area contributed by atoms with Gasteiger partial charge in [-0.1, -0.05) is 6.07 Å². The Morgan fingerprint density at radius 1 is 1.45 bits per heavy atom. The average molecular weight is 281 g/mol. The fourth-order valence-electron chi connectivity index (χ4n) is 1.64. The van der Waals surface area contributed by atoms with Crippen LogP contribution in [0.5, 0.6) is 5.75 Å². The Labute approximate surface area is 114 Å². The van der Waals surface area contributed by atoms with Crippen molar-refractivity contribution in [3.8, 4) is 5.75 Å². The maximum Gasteiger partial charge on any atom is 0.387 e. The van der Waals surface area contributed by atoms with E-state index in [1.54, 1.807) is 24.0 Å². The highest BCUT2D eigenvalue weighted by atomic mass is 19.3. The zero-order valence-electron chi connectivity index (χ0n) is 10.7. The first kappa shape index (κ1) is 14.0. The third kappa shape index (κ3) is 3.78. The standard InChI is InChI=1S/C13H13F2N3O2/c1-18-6-5-10(17-18)8-16-12(19)9-3-2-4-11(7-9)20-13(14)15/h2-7,13H,8H2,1H3,(H,16,19). The maximum atomic E-state index is 12.1. The van der Waals surface area contributed by atoms with Crippen LogP contribution in [-0.2, 0) is 13.6 Å². The van der Waals surface area contributed by atoms with Crippen molar-refractivity contribution in [3.05, 3.63) is 47.8 Å². The number of alkyl halides is 2. The van der Waals surface area contributed by atoms with Crippen molar-refractivity contribution in [2.45, 2.75) is 13.2 Å². The molecular weight excluding hydrogens is 268 g/mol. The largest absolute Gasteiger partial charge is 0.435 e. The number of carbonyl (C=O) groups is 1. The molecule has 0 radical (unpaired) electrons. The zero-order valence-corrected chi connectivity index (χ0v) is 10.7. The van der Waals surface area contributed by atoms with Crippen LogP contribution in [0.4, 0.5) is 8.78 Å². The molecule has 1 heterocycles. The van der Waals surface area contributed by atoms with E-state index in [0.717, 1.165) is 0 Å². The van der Waals surface area contributed by atoms with Gasteiger partial charge in [0.15, 0.2) is 0 Å². The van der Waals surface area contributed by atoms with Crippen molar-refractivity contribution in [3.63, 3.8) is 0 Å². The van der Waals surface area contributed by atoms with E-state index in [9.17, 15) is 13.6 Å². The molecule has 0 aliphatic carbocycles. The molecular formula is C13H13F2N3O2. The highest BCUT2D eigenvalue weighted by Crippen LogP contribution is 2.15. The normalized spacial score (nSPS) is 10.6. The molecule has 1 aromatic carbocycles. The van der Waals surface area contributed by atoms with Crippen LogP contribution in [0.1, 0.15) is 16.1 Å². The molecule has 1 N–H and O–H groups in total. The summed E-state index contributed by atoms with van der Waals surface area (Å²) in [6.45, 7) is -2.65. The summed E-state index contributed by atoms with van der Waals surface area (Å²) < 4.78 is 30.0. The van der Waals surface area contributed by atoms with Crippen LogP contribution in [0.2, 0.25) is 0 Å². The molecule has 0 atom stereocenters. The molecule has 1 amide bonds. The lowest BCUT2D eigenvalue weighted by molar-refractivity contribution is -0.0498. The topological polar surface area (TPSA) is 56.2 Å². The second-order valence-corrected chi connectivity index (χ2v) is 4.07. The Hall–Kier alpha value is -2.44. The number of benzene rings is 1. The summed E-state index contributed by atoms with van der Waals surface area (Å²) in [7, 11) is 1.77. The summed E-state index contributed by atoms with van der Waals surface area (Å²) in [5, 5.41) is 6.76.